The molecule has 1 aromatic heterocycles. The molecular weight excluding hydrogens is 297 g/mol. The van der Waals surface area contributed by atoms with Crippen molar-refractivity contribution in [3.63, 3.8) is 0 Å². The Balaban J connectivity index is 0.00000180. The molecule has 1 saturated heterocycles. The summed E-state index contributed by atoms with van der Waals surface area (Å²) in [5.41, 5.74) is 0.213. The molecule has 1 aromatic rings. The van der Waals surface area contributed by atoms with Gasteiger partial charge in [-0.05, 0) is 51.9 Å². The number of nitrogens with zero attached hydrogens (tertiary/aromatic N) is 1. The highest BCUT2D eigenvalue weighted by Gasteiger charge is 2.33. The van der Waals surface area contributed by atoms with Crippen LogP contribution < -0.4 is 15.4 Å². The van der Waals surface area contributed by atoms with E-state index in [0.717, 1.165) is 31.9 Å². The molecule has 1 fully saturated rings. The van der Waals surface area contributed by atoms with E-state index in [1.165, 1.54) is 6.42 Å². The average Bonchev–Trinajstić information content (AvgIpc) is 2.70. The largest absolute Gasteiger partial charge is 0.492 e. The molecule has 0 amide bonds. The van der Waals surface area contributed by atoms with Gasteiger partial charge < -0.3 is 15.4 Å². The molecule has 1 aliphatic heterocycles. The van der Waals surface area contributed by atoms with Crippen molar-refractivity contribution < 1.29 is 4.74 Å². The number of ether oxygens (including phenoxy) is 1. The predicted molar refractivity (Wildman–Crippen MR) is 87.3 cm³/mol. The van der Waals surface area contributed by atoms with Crippen LogP contribution in [0.4, 0.5) is 0 Å². The van der Waals surface area contributed by atoms with E-state index in [9.17, 15) is 0 Å². The number of hydrogen-bond donors (Lipinski definition) is 2. The SMILES string of the molecule is CC1(C)NCCC1NCCCOc1cccnc1.Cl.Cl. The second-order valence-corrected chi connectivity index (χ2v) is 5.33. The van der Waals surface area contributed by atoms with Gasteiger partial charge in [-0.3, -0.25) is 4.98 Å². The summed E-state index contributed by atoms with van der Waals surface area (Å²) in [6.45, 7) is 7.35. The highest BCUT2D eigenvalue weighted by atomic mass is 35.5. The predicted octanol–water partition coefficient (Wildman–Crippen LogP) is 2.42. The third-order valence-electron chi connectivity index (χ3n) is 3.50. The fraction of sp³-hybridized carbons (Fsp3) is 0.643. The molecule has 1 unspecified atom stereocenters. The Bertz CT molecular complexity index is 363. The van der Waals surface area contributed by atoms with E-state index in [-0.39, 0.29) is 30.4 Å². The first-order chi connectivity index (χ1) is 8.68. The lowest BCUT2D eigenvalue weighted by Gasteiger charge is -2.28. The third kappa shape index (κ3) is 5.83. The van der Waals surface area contributed by atoms with Crippen LogP contribution in [-0.2, 0) is 0 Å². The van der Waals surface area contributed by atoms with Gasteiger partial charge >= 0.3 is 0 Å². The van der Waals surface area contributed by atoms with Crippen molar-refractivity contribution in [1.29, 1.82) is 0 Å². The summed E-state index contributed by atoms with van der Waals surface area (Å²) in [6, 6.07) is 4.39. The molecule has 2 rings (SSSR count). The maximum atomic E-state index is 5.60. The Kier molecular flexibility index (Phi) is 9.14. The van der Waals surface area contributed by atoms with Gasteiger partial charge in [0.15, 0.2) is 0 Å². The summed E-state index contributed by atoms with van der Waals surface area (Å²) < 4.78 is 5.60. The standard InChI is InChI=1S/C14H23N3O.2ClH/c1-14(2)13(6-9-17-14)16-8-4-10-18-12-5-3-7-15-11-12;;/h3,5,7,11,13,16-17H,4,6,8-10H2,1-2H3;2*1H. The van der Waals surface area contributed by atoms with Crippen molar-refractivity contribution in [3.8, 4) is 5.75 Å². The number of aromatic nitrogens is 1. The molecule has 0 bridgehead atoms. The molecule has 0 saturated carbocycles. The number of hydrogen-bond acceptors (Lipinski definition) is 4. The molecule has 0 aromatic carbocycles. The summed E-state index contributed by atoms with van der Waals surface area (Å²) in [6.07, 6.45) is 5.72. The van der Waals surface area contributed by atoms with Crippen LogP contribution in [-0.4, -0.2) is 36.3 Å². The Hall–Kier alpha value is -0.550. The second-order valence-electron chi connectivity index (χ2n) is 5.33. The van der Waals surface area contributed by atoms with Gasteiger partial charge in [0.1, 0.15) is 5.75 Å². The van der Waals surface area contributed by atoms with Crippen molar-refractivity contribution in [2.24, 2.45) is 0 Å². The number of rotatable bonds is 6. The smallest absolute Gasteiger partial charge is 0.137 e. The first-order valence-corrected chi connectivity index (χ1v) is 6.70. The van der Waals surface area contributed by atoms with Crippen molar-refractivity contribution >= 4 is 24.8 Å². The first kappa shape index (κ1) is 19.4. The van der Waals surface area contributed by atoms with E-state index in [1.54, 1.807) is 12.4 Å². The van der Waals surface area contributed by atoms with E-state index < -0.39 is 0 Å². The monoisotopic (exact) mass is 321 g/mol. The highest BCUT2D eigenvalue weighted by Crippen LogP contribution is 2.18. The molecule has 1 aliphatic rings. The molecule has 2 heterocycles. The van der Waals surface area contributed by atoms with E-state index in [0.29, 0.717) is 6.04 Å². The molecular formula is C14H25Cl2N3O. The summed E-state index contributed by atoms with van der Waals surface area (Å²) >= 11 is 0. The zero-order chi connectivity index (χ0) is 12.8. The fourth-order valence-corrected chi connectivity index (χ4v) is 2.35. The van der Waals surface area contributed by atoms with Gasteiger partial charge in [-0.1, -0.05) is 0 Å². The second kappa shape index (κ2) is 9.40. The summed E-state index contributed by atoms with van der Waals surface area (Å²) in [7, 11) is 0. The quantitative estimate of drug-likeness (QED) is 0.790. The molecule has 20 heavy (non-hydrogen) atoms. The van der Waals surface area contributed by atoms with Crippen LogP contribution in [0.1, 0.15) is 26.7 Å². The molecule has 1 atom stereocenters. The van der Waals surface area contributed by atoms with Crippen LogP contribution in [0.3, 0.4) is 0 Å². The Morgan fingerprint density at radius 3 is 2.85 bits per heavy atom. The van der Waals surface area contributed by atoms with Crippen LogP contribution in [0.25, 0.3) is 0 Å². The topological polar surface area (TPSA) is 46.2 Å². The minimum absolute atomic E-state index is 0. The van der Waals surface area contributed by atoms with Crippen LogP contribution in [0.15, 0.2) is 24.5 Å². The van der Waals surface area contributed by atoms with Gasteiger partial charge in [0, 0.05) is 17.8 Å². The maximum absolute atomic E-state index is 5.60. The van der Waals surface area contributed by atoms with Gasteiger partial charge in [-0.15, -0.1) is 24.8 Å². The lowest BCUT2D eigenvalue weighted by Crippen LogP contribution is -2.49. The van der Waals surface area contributed by atoms with Gasteiger partial charge in [0.05, 0.1) is 12.8 Å². The highest BCUT2D eigenvalue weighted by molar-refractivity contribution is 5.85. The molecule has 2 N–H and O–H groups in total. The molecule has 0 spiro atoms. The lowest BCUT2D eigenvalue weighted by molar-refractivity contribution is 0.292. The zero-order valence-electron chi connectivity index (χ0n) is 12.1. The summed E-state index contributed by atoms with van der Waals surface area (Å²) in [5, 5.41) is 7.11. The van der Waals surface area contributed by atoms with Crippen LogP contribution in [0, 0.1) is 0 Å². The van der Waals surface area contributed by atoms with Crippen molar-refractivity contribution in [2.75, 3.05) is 19.7 Å². The number of pyridine rings is 1. The Morgan fingerprint density at radius 1 is 1.45 bits per heavy atom. The number of nitrogens with one attached hydrogen (secondary N) is 2. The summed E-state index contributed by atoms with van der Waals surface area (Å²) in [4.78, 5) is 4.02. The van der Waals surface area contributed by atoms with Crippen LogP contribution in [0.5, 0.6) is 5.75 Å². The van der Waals surface area contributed by atoms with Gasteiger partial charge in [0.25, 0.3) is 0 Å². The van der Waals surface area contributed by atoms with Crippen LogP contribution in [0.2, 0.25) is 0 Å². The zero-order valence-corrected chi connectivity index (χ0v) is 13.7. The first-order valence-electron chi connectivity index (χ1n) is 6.70. The molecule has 0 aliphatic carbocycles. The third-order valence-corrected chi connectivity index (χ3v) is 3.50. The van der Waals surface area contributed by atoms with Crippen molar-refractivity contribution in [1.82, 2.24) is 15.6 Å². The van der Waals surface area contributed by atoms with E-state index in [1.807, 2.05) is 12.1 Å². The van der Waals surface area contributed by atoms with Gasteiger partial charge in [0.2, 0.25) is 0 Å². The summed E-state index contributed by atoms with van der Waals surface area (Å²) in [5.74, 6) is 0.848. The minimum atomic E-state index is 0. The number of halogens is 2. The molecule has 4 nitrogen and oxygen atoms in total. The molecule has 0 radical (unpaired) electrons. The molecule has 6 heteroatoms. The average molecular weight is 322 g/mol. The minimum Gasteiger partial charge on any atom is -0.492 e. The fourth-order valence-electron chi connectivity index (χ4n) is 2.35. The van der Waals surface area contributed by atoms with E-state index >= 15 is 0 Å². The van der Waals surface area contributed by atoms with E-state index in [4.69, 9.17) is 4.74 Å². The molecule has 116 valence electrons. The van der Waals surface area contributed by atoms with Gasteiger partial charge in [-0.25, -0.2) is 0 Å². The van der Waals surface area contributed by atoms with Gasteiger partial charge in [-0.2, -0.15) is 0 Å². The van der Waals surface area contributed by atoms with Crippen LogP contribution >= 0.6 is 24.8 Å². The van der Waals surface area contributed by atoms with Crippen molar-refractivity contribution in [2.45, 2.75) is 38.3 Å². The van der Waals surface area contributed by atoms with Crippen molar-refractivity contribution in [3.05, 3.63) is 24.5 Å². The maximum Gasteiger partial charge on any atom is 0.137 e. The Morgan fingerprint density at radius 2 is 2.25 bits per heavy atom. The van der Waals surface area contributed by atoms with E-state index in [2.05, 4.69) is 29.5 Å². The Labute approximate surface area is 133 Å². The lowest BCUT2D eigenvalue weighted by atomic mass is 9.97. The normalized spacial score (nSPS) is 19.8.